The number of nitrogens with zero attached hydrogens (tertiary/aromatic N) is 3. The van der Waals surface area contributed by atoms with E-state index in [0.29, 0.717) is 11.1 Å². The minimum Gasteiger partial charge on any atom is -0.493 e. The molecule has 0 atom stereocenters. The van der Waals surface area contributed by atoms with E-state index >= 15 is 0 Å². The zero-order valence-corrected chi connectivity index (χ0v) is 15.0. The molecule has 142 valence electrons. The van der Waals surface area contributed by atoms with Gasteiger partial charge in [-0.15, -0.1) is 0 Å². The number of hydrogen-bond donors (Lipinski definition) is 0. The minimum atomic E-state index is -0.709. The molecule has 0 unspecified atom stereocenters. The molecule has 0 bridgehead atoms. The molecule has 2 aromatic rings. The number of nitriles is 1. The number of hydrogen-bond acceptors (Lipinski definition) is 6. The van der Waals surface area contributed by atoms with Gasteiger partial charge < -0.3 is 9.47 Å². The Labute approximate surface area is 160 Å². The summed E-state index contributed by atoms with van der Waals surface area (Å²) < 4.78 is 23.5. The van der Waals surface area contributed by atoms with Crippen LogP contribution < -0.4 is 9.47 Å². The maximum Gasteiger partial charge on any atom is 0.360 e. The van der Waals surface area contributed by atoms with Crippen LogP contribution in [0.25, 0.3) is 0 Å². The largest absolute Gasteiger partial charge is 0.493 e. The Hall–Kier alpha value is -3.73. The highest BCUT2D eigenvalue weighted by Gasteiger charge is 2.26. The van der Waals surface area contributed by atoms with E-state index in [2.05, 4.69) is 5.10 Å². The van der Waals surface area contributed by atoms with Crippen LogP contribution in [0.15, 0.2) is 47.6 Å². The van der Waals surface area contributed by atoms with Crippen LogP contribution in [0.1, 0.15) is 24.0 Å². The van der Waals surface area contributed by atoms with Gasteiger partial charge in [-0.1, -0.05) is 12.1 Å². The first-order valence-corrected chi connectivity index (χ1v) is 8.42. The van der Waals surface area contributed by atoms with Crippen molar-refractivity contribution in [1.82, 2.24) is 5.01 Å². The Morgan fingerprint density at radius 2 is 1.96 bits per heavy atom. The van der Waals surface area contributed by atoms with Crippen LogP contribution in [-0.4, -0.2) is 29.7 Å². The van der Waals surface area contributed by atoms with Crippen molar-refractivity contribution in [3.8, 4) is 17.6 Å². The number of amides is 1. The molecule has 0 fully saturated rings. The SMILES string of the molecule is COc1cc(C#N)ccc1OC(=O)C1=NN(Cc2ccc(F)cc2)C(=O)CC1. The predicted octanol–water partition coefficient (Wildman–Crippen LogP) is 2.79. The Kier molecular flexibility index (Phi) is 5.65. The maximum absolute atomic E-state index is 13.0. The Balaban J connectivity index is 1.76. The predicted molar refractivity (Wildman–Crippen MR) is 97.0 cm³/mol. The third-order valence-corrected chi connectivity index (χ3v) is 4.08. The molecule has 0 spiro atoms. The molecule has 0 saturated carbocycles. The molecule has 2 aromatic carbocycles. The zero-order chi connectivity index (χ0) is 20.1. The average Bonchev–Trinajstić information content (AvgIpc) is 2.71. The highest BCUT2D eigenvalue weighted by molar-refractivity contribution is 6.37. The molecular formula is C20H16FN3O4. The molecule has 0 radical (unpaired) electrons. The smallest absolute Gasteiger partial charge is 0.360 e. The average molecular weight is 381 g/mol. The summed E-state index contributed by atoms with van der Waals surface area (Å²) in [5.41, 5.74) is 1.14. The first-order chi connectivity index (χ1) is 13.5. The van der Waals surface area contributed by atoms with Gasteiger partial charge in [0.1, 0.15) is 11.5 Å². The summed E-state index contributed by atoms with van der Waals surface area (Å²) in [7, 11) is 1.40. The summed E-state index contributed by atoms with van der Waals surface area (Å²) >= 11 is 0. The van der Waals surface area contributed by atoms with E-state index in [9.17, 15) is 14.0 Å². The van der Waals surface area contributed by atoms with Crippen molar-refractivity contribution in [3.05, 3.63) is 59.4 Å². The van der Waals surface area contributed by atoms with Crippen molar-refractivity contribution < 1.29 is 23.5 Å². The quantitative estimate of drug-likeness (QED) is 0.587. The van der Waals surface area contributed by atoms with Gasteiger partial charge in [0, 0.05) is 18.9 Å². The maximum atomic E-state index is 13.0. The molecule has 0 saturated heterocycles. The van der Waals surface area contributed by atoms with Crippen molar-refractivity contribution in [2.45, 2.75) is 19.4 Å². The van der Waals surface area contributed by atoms with E-state index in [4.69, 9.17) is 14.7 Å². The minimum absolute atomic E-state index is 0.0909. The van der Waals surface area contributed by atoms with Gasteiger partial charge in [0.25, 0.3) is 0 Å². The van der Waals surface area contributed by atoms with Crippen LogP contribution in [0.5, 0.6) is 11.5 Å². The molecule has 7 nitrogen and oxygen atoms in total. The highest BCUT2D eigenvalue weighted by Crippen LogP contribution is 2.28. The number of carbonyl (C=O) groups is 2. The van der Waals surface area contributed by atoms with Crippen molar-refractivity contribution >= 4 is 17.6 Å². The van der Waals surface area contributed by atoms with Gasteiger partial charge in [0.05, 0.1) is 25.3 Å². The molecular weight excluding hydrogens is 365 g/mol. The molecule has 3 rings (SSSR count). The number of esters is 1. The molecule has 1 aliphatic rings. The Morgan fingerprint density at radius 1 is 1.21 bits per heavy atom. The van der Waals surface area contributed by atoms with Gasteiger partial charge in [0.2, 0.25) is 5.91 Å². The number of carbonyl (C=O) groups excluding carboxylic acids is 2. The van der Waals surface area contributed by atoms with Crippen molar-refractivity contribution in [1.29, 1.82) is 5.26 Å². The number of rotatable bonds is 5. The van der Waals surface area contributed by atoms with E-state index in [-0.39, 0.29) is 48.3 Å². The second kappa shape index (κ2) is 8.31. The number of hydrazone groups is 1. The zero-order valence-electron chi connectivity index (χ0n) is 15.0. The summed E-state index contributed by atoms with van der Waals surface area (Å²) in [5.74, 6) is -0.937. The fraction of sp³-hybridized carbons (Fsp3) is 0.200. The monoisotopic (exact) mass is 381 g/mol. The first kappa shape index (κ1) is 19.0. The lowest BCUT2D eigenvalue weighted by Gasteiger charge is -2.23. The van der Waals surface area contributed by atoms with Gasteiger partial charge in [-0.3, -0.25) is 4.79 Å². The molecule has 28 heavy (non-hydrogen) atoms. The van der Waals surface area contributed by atoms with Gasteiger partial charge in [0.15, 0.2) is 11.5 Å². The van der Waals surface area contributed by atoms with E-state index < -0.39 is 5.97 Å². The summed E-state index contributed by atoms with van der Waals surface area (Å²) in [6.07, 6.45) is 0.260. The summed E-state index contributed by atoms with van der Waals surface area (Å²) in [6.45, 7) is 0.121. The van der Waals surface area contributed by atoms with Crippen molar-refractivity contribution in [2.75, 3.05) is 7.11 Å². The van der Waals surface area contributed by atoms with Crippen LogP contribution in [0.2, 0.25) is 0 Å². The molecule has 0 aromatic heterocycles. The van der Waals surface area contributed by atoms with Crippen LogP contribution in [0, 0.1) is 17.1 Å². The second-order valence-corrected chi connectivity index (χ2v) is 5.99. The van der Waals surface area contributed by atoms with E-state index in [1.165, 1.54) is 42.5 Å². The lowest BCUT2D eigenvalue weighted by molar-refractivity contribution is -0.133. The number of ether oxygens (including phenoxy) is 2. The van der Waals surface area contributed by atoms with E-state index in [1.807, 2.05) is 6.07 Å². The van der Waals surface area contributed by atoms with E-state index in [1.54, 1.807) is 12.1 Å². The summed E-state index contributed by atoms with van der Waals surface area (Å²) in [4.78, 5) is 24.6. The topological polar surface area (TPSA) is 92.0 Å². The third-order valence-electron chi connectivity index (χ3n) is 4.08. The standard InChI is InChI=1S/C20H16FN3O4/c1-27-18-10-14(11-22)4-8-17(18)28-20(26)16-7-9-19(25)24(23-16)12-13-2-5-15(21)6-3-13/h2-6,8,10H,7,9,12H2,1H3. The number of benzene rings is 2. The summed E-state index contributed by atoms with van der Waals surface area (Å²) in [5, 5.41) is 14.2. The van der Waals surface area contributed by atoms with Crippen LogP contribution in [0.3, 0.4) is 0 Å². The number of methoxy groups -OCH3 is 1. The Morgan fingerprint density at radius 3 is 2.64 bits per heavy atom. The van der Waals surface area contributed by atoms with Crippen LogP contribution in [0.4, 0.5) is 4.39 Å². The molecule has 1 amide bonds. The van der Waals surface area contributed by atoms with Crippen LogP contribution in [-0.2, 0) is 16.1 Å². The lowest BCUT2D eigenvalue weighted by Crippen LogP contribution is -2.35. The fourth-order valence-electron chi connectivity index (χ4n) is 2.62. The number of halogens is 1. The lowest BCUT2D eigenvalue weighted by atomic mass is 10.1. The normalized spacial score (nSPS) is 13.5. The van der Waals surface area contributed by atoms with Crippen molar-refractivity contribution in [2.24, 2.45) is 5.10 Å². The van der Waals surface area contributed by atoms with Gasteiger partial charge in [-0.25, -0.2) is 14.2 Å². The van der Waals surface area contributed by atoms with Gasteiger partial charge >= 0.3 is 5.97 Å². The first-order valence-electron chi connectivity index (χ1n) is 8.42. The summed E-state index contributed by atoms with van der Waals surface area (Å²) in [6, 6.07) is 12.1. The second-order valence-electron chi connectivity index (χ2n) is 5.99. The molecule has 0 aliphatic carbocycles. The van der Waals surface area contributed by atoms with Crippen LogP contribution >= 0.6 is 0 Å². The highest BCUT2D eigenvalue weighted by atomic mass is 19.1. The fourth-order valence-corrected chi connectivity index (χ4v) is 2.62. The van der Waals surface area contributed by atoms with E-state index in [0.717, 1.165) is 0 Å². The molecule has 8 heteroatoms. The molecule has 0 N–H and O–H groups in total. The van der Waals surface area contributed by atoms with Crippen molar-refractivity contribution in [3.63, 3.8) is 0 Å². The molecule has 1 heterocycles. The van der Waals surface area contributed by atoms with Gasteiger partial charge in [-0.05, 0) is 29.8 Å². The third kappa shape index (κ3) is 4.32. The van der Waals surface area contributed by atoms with Gasteiger partial charge in [-0.2, -0.15) is 10.4 Å². The molecule has 1 aliphatic heterocycles. The Bertz CT molecular complexity index is 980.